The van der Waals surface area contributed by atoms with Crippen molar-refractivity contribution in [1.29, 1.82) is 0 Å². The first-order valence-electron chi connectivity index (χ1n) is 7.20. The Labute approximate surface area is 119 Å². The number of rotatable bonds is 4. The Kier molecular flexibility index (Phi) is 3.78. The van der Waals surface area contributed by atoms with Gasteiger partial charge in [-0.15, -0.1) is 0 Å². The number of likely N-dealkylation sites (tertiary alicyclic amines) is 1. The van der Waals surface area contributed by atoms with Crippen LogP contribution in [0.15, 0.2) is 24.3 Å². The molecule has 20 heavy (non-hydrogen) atoms. The third-order valence-corrected chi connectivity index (χ3v) is 4.09. The van der Waals surface area contributed by atoms with Gasteiger partial charge in [0.2, 0.25) is 0 Å². The summed E-state index contributed by atoms with van der Waals surface area (Å²) < 4.78 is 5.09. The number of benzene rings is 1. The van der Waals surface area contributed by atoms with Crippen molar-refractivity contribution in [2.24, 2.45) is 0 Å². The number of nitrogens with zero attached hydrogens (tertiary/aromatic N) is 1. The van der Waals surface area contributed by atoms with Crippen molar-refractivity contribution in [2.75, 3.05) is 25.5 Å². The zero-order valence-corrected chi connectivity index (χ0v) is 11.8. The molecule has 1 aromatic rings. The quantitative estimate of drug-likeness (QED) is 0.884. The van der Waals surface area contributed by atoms with E-state index in [9.17, 15) is 4.79 Å². The number of amides is 2. The standard InChI is InChI=1S/C15H21N3O2/c1-20-14-7-5-12(6-8-14)17-15(19)18-9-13(10-18)16-11-3-2-4-11/h5-8,11,13,16H,2-4,9-10H2,1H3,(H,17,19). The first-order chi connectivity index (χ1) is 9.74. The lowest BCUT2D eigenvalue weighted by Crippen LogP contribution is -2.63. The molecule has 1 aromatic carbocycles. The van der Waals surface area contributed by atoms with Crippen LogP contribution in [0.5, 0.6) is 5.75 Å². The molecular formula is C15H21N3O2. The lowest BCUT2D eigenvalue weighted by atomic mass is 9.91. The number of hydrogen-bond acceptors (Lipinski definition) is 3. The summed E-state index contributed by atoms with van der Waals surface area (Å²) in [5, 5.41) is 6.48. The molecule has 2 amide bonds. The minimum Gasteiger partial charge on any atom is -0.497 e. The second-order valence-corrected chi connectivity index (χ2v) is 5.56. The molecule has 0 aromatic heterocycles. The van der Waals surface area contributed by atoms with Gasteiger partial charge in [0.15, 0.2) is 0 Å². The Morgan fingerprint density at radius 1 is 1.20 bits per heavy atom. The van der Waals surface area contributed by atoms with Crippen LogP contribution in [0.25, 0.3) is 0 Å². The summed E-state index contributed by atoms with van der Waals surface area (Å²) in [4.78, 5) is 13.9. The molecule has 0 unspecified atom stereocenters. The van der Waals surface area contributed by atoms with Crippen molar-refractivity contribution in [3.8, 4) is 5.75 Å². The fourth-order valence-corrected chi connectivity index (χ4v) is 2.53. The zero-order valence-electron chi connectivity index (χ0n) is 11.8. The molecule has 1 saturated heterocycles. The fraction of sp³-hybridized carbons (Fsp3) is 0.533. The van der Waals surface area contributed by atoms with Crippen molar-refractivity contribution in [3.63, 3.8) is 0 Å². The predicted molar refractivity (Wildman–Crippen MR) is 78.1 cm³/mol. The lowest BCUT2D eigenvalue weighted by molar-refractivity contribution is 0.132. The molecule has 0 atom stereocenters. The van der Waals surface area contributed by atoms with E-state index in [1.165, 1.54) is 19.3 Å². The molecule has 5 nitrogen and oxygen atoms in total. The van der Waals surface area contributed by atoms with Gasteiger partial charge in [0.25, 0.3) is 0 Å². The van der Waals surface area contributed by atoms with Crippen LogP contribution in [-0.4, -0.2) is 43.2 Å². The summed E-state index contributed by atoms with van der Waals surface area (Å²) in [5.41, 5.74) is 0.797. The predicted octanol–water partition coefficient (Wildman–Crippen LogP) is 2.05. The highest BCUT2D eigenvalue weighted by Crippen LogP contribution is 2.21. The van der Waals surface area contributed by atoms with Crippen molar-refractivity contribution < 1.29 is 9.53 Å². The van der Waals surface area contributed by atoms with Crippen LogP contribution in [0.4, 0.5) is 10.5 Å². The van der Waals surface area contributed by atoms with Gasteiger partial charge in [-0.1, -0.05) is 6.42 Å². The van der Waals surface area contributed by atoms with Crippen LogP contribution in [0, 0.1) is 0 Å². The highest BCUT2D eigenvalue weighted by Gasteiger charge is 2.33. The Morgan fingerprint density at radius 3 is 2.45 bits per heavy atom. The zero-order chi connectivity index (χ0) is 13.9. The van der Waals surface area contributed by atoms with Crippen LogP contribution in [-0.2, 0) is 0 Å². The molecule has 3 rings (SSSR count). The highest BCUT2D eigenvalue weighted by atomic mass is 16.5. The van der Waals surface area contributed by atoms with Gasteiger partial charge in [-0.05, 0) is 37.1 Å². The van der Waals surface area contributed by atoms with Crippen LogP contribution in [0.2, 0.25) is 0 Å². The van der Waals surface area contributed by atoms with Gasteiger partial charge in [-0.25, -0.2) is 4.79 Å². The van der Waals surface area contributed by atoms with E-state index >= 15 is 0 Å². The number of anilines is 1. The summed E-state index contributed by atoms with van der Waals surface area (Å²) >= 11 is 0. The van der Waals surface area contributed by atoms with Gasteiger partial charge in [-0.2, -0.15) is 0 Å². The first-order valence-corrected chi connectivity index (χ1v) is 7.20. The van der Waals surface area contributed by atoms with Crippen LogP contribution < -0.4 is 15.4 Å². The number of hydrogen-bond donors (Lipinski definition) is 2. The van der Waals surface area contributed by atoms with Crippen molar-refractivity contribution in [3.05, 3.63) is 24.3 Å². The average Bonchev–Trinajstić information content (AvgIpc) is 2.36. The van der Waals surface area contributed by atoms with Crippen LogP contribution in [0.3, 0.4) is 0 Å². The molecule has 2 N–H and O–H groups in total. The van der Waals surface area contributed by atoms with E-state index < -0.39 is 0 Å². The number of nitrogens with one attached hydrogen (secondary N) is 2. The number of carbonyl (C=O) groups excluding carboxylic acids is 1. The maximum Gasteiger partial charge on any atom is 0.321 e. The summed E-state index contributed by atoms with van der Waals surface area (Å²) in [6, 6.07) is 8.51. The maximum absolute atomic E-state index is 12.0. The van der Waals surface area contributed by atoms with E-state index in [2.05, 4.69) is 10.6 Å². The lowest BCUT2D eigenvalue weighted by Gasteiger charge is -2.43. The van der Waals surface area contributed by atoms with E-state index in [1.54, 1.807) is 7.11 Å². The van der Waals surface area contributed by atoms with Gasteiger partial charge in [0.1, 0.15) is 5.75 Å². The van der Waals surface area contributed by atoms with Crippen LogP contribution in [0.1, 0.15) is 19.3 Å². The molecule has 0 radical (unpaired) electrons. The largest absolute Gasteiger partial charge is 0.497 e. The summed E-state index contributed by atoms with van der Waals surface area (Å²) in [5.74, 6) is 0.789. The minimum atomic E-state index is -0.0261. The van der Waals surface area contributed by atoms with Gasteiger partial charge in [0, 0.05) is 30.9 Å². The van der Waals surface area contributed by atoms with Gasteiger partial charge in [0.05, 0.1) is 7.11 Å². The molecule has 2 fully saturated rings. The molecule has 2 aliphatic rings. The van der Waals surface area contributed by atoms with Gasteiger partial charge in [-0.3, -0.25) is 0 Å². The van der Waals surface area contributed by atoms with Gasteiger partial charge < -0.3 is 20.3 Å². The smallest absolute Gasteiger partial charge is 0.321 e. The van der Waals surface area contributed by atoms with Gasteiger partial charge >= 0.3 is 6.03 Å². The van der Waals surface area contributed by atoms with Crippen molar-refractivity contribution in [1.82, 2.24) is 10.2 Å². The van der Waals surface area contributed by atoms with Crippen LogP contribution >= 0.6 is 0 Å². The molecule has 1 aliphatic carbocycles. The number of urea groups is 1. The Bertz CT molecular complexity index is 465. The molecule has 5 heteroatoms. The summed E-state index contributed by atoms with van der Waals surface area (Å²) in [6.07, 6.45) is 3.91. The molecule has 108 valence electrons. The molecule has 1 heterocycles. The minimum absolute atomic E-state index is 0.0261. The summed E-state index contributed by atoms with van der Waals surface area (Å²) in [6.45, 7) is 1.61. The topological polar surface area (TPSA) is 53.6 Å². The normalized spacial score (nSPS) is 19.1. The van der Waals surface area contributed by atoms with E-state index in [4.69, 9.17) is 4.74 Å². The average molecular weight is 275 g/mol. The van der Waals surface area contributed by atoms with E-state index in [0.717, 1.165) is 24.5 Å². The molecule has 0 spiro atoms. The molecule has 0 bridgehead atoms. The molecular weight excluding hydrogens is 254 g/mol. The second-order valence-electron chi connectivity index (χ2n) is 5.56. The third kappa shape index (κ3) is 2.88. The molecule has 1 aliphatic heterocycles. The van der Waals surface area contributed by atoms with E-state index in [-0.39, 0.29) is 6.03 Å². The van der Waals surface area contributed by atoms with Crippen molar-refractivity contribution >= 4 is 11.7 Å². The fourth-order valence-electron chi connectivity index (χ4n) is 2.53. The van der Waals surface area contributed by atoms with E-state index in [0.29, 0.717) is 12.1 Å². The maximum atomic E-state index is 12.0. The Morgan fingerprint density at radius 2 is 1.90 bits per heavy atom. The van der Waals surface area contributed by atoms with Crippen molar-refractivity contribution in [2.45, 2.75) is 31.3 Å². The molecule has 1 saturated carbocycles. The summed E-state index contributed by atoms with van der Waals surface area (Å²) in [7, 11) is 1.63. The Balaban J connectivity index is 1.43. The number of methoxy groups -OCH3 is 1. The third-order valence-electron chi connectivity index (χ3n) is 4.09. The highest BCUT2D eigenvalue weighted by molar-refractivity contribution is 5.90. The number of ether oxygens (including phenoxy) is 1. The monoisotopic (exact) mass is 275 g/mol. The Hall–Kier alpha value is -1.75. The number of carbonyl (C=O) groups is 1. The first kappa shape index (κ1) is 13.2. The SMILES string of the molecule is COc1ccc(NC(=O)N2CC(NC3CCC3)C2)cc1. The second kappa shape index (κ2) is 5.71. The van der Waals surface area contributed by atoms with E-state index in [1.807, 2.05) is 29.2 Å².